The van der Waals surface area contributed by atoms with Crippen molar-refractivity contribution >= 4 is 17.8 Å². The van der Waals surface area contributed by atoms with E-state index in [1.807, 2.05) is 13.0 Å². The highest BCUT2D eigenvalue weighted by Gasteiger charge is 2.15. The Hall–Kier alpha value is -2.88. The Kier molecular flexibility index (Phi) is 7.99. The van der Waals surface area contributed by atoms with E-state index >= 15 is 0 Å². The maximum Gasteiger partial charge on any atom is 0.253 e. The number of allylic oxidation sites excluding steroid dienone is 1. The molecule has 0 aliphatic heterocycles. The van der Waals surface area contributed by atoms with Crippen LogP contribution in [0.3, 0.4) is 0 Å². The van der Waals surface area contributed by atoms with Gasteiger partial charge in [0.2, 0.25) is 0 Å². The van der Waals surface area contributed by atoms with E-state index in [9.17, 15) is 9.59 Å². The van der Waals surface area contributed by atoms with E-state index in [1.54, 1.807) is 44.4 Å². The molecule has 0 saturated heterocycles. The lowest BCUT2D eigenvalue weighted by atomic mass is 9.91. The fourth-order valence-electron chi connectivity index (χ4n) is 3.19. The number of amides is 1. The predicted octanol–water partition coefficient (Wildman–Crippen LogP) is 5.93. The van der Waals surface area contributed by atoms with Crippen molar-refractivity contribution in [2.75, 3.05) is 20.7 Å². The molecule has 2 aromatic carbocycles. The molecule has 0 atom stereocenters. The highest BCUT2D eigenvalue weighted by Crippen LogP contribution is 2.35. The zero-order chi connectivity index (χ0) is 22.4. The van der Waals surface area contributed by atoms with Crippen molar-refractivity contribution in [2.45, 2.75) is 46.5 Å². The Labute approximate surface area is 180 Å². The van der Waals surface area contributed by atoms with Crippen LogP contribution in [-0.4, -0.2) is 37.3 Å². The predicted molar refractivity (Wildman–Crippen MR) is 124 cm³/mol. The van der Waals surface area contributed by atoms with Crippen LogP contribution in [0.15, 0.2) is 42.5 Å². The summed E-state index contributed by atoms with van der Waals surface area (Å²) in [6.07, 6.45) is 3.42. The summed E-state index contributed by atoms with van der Waals surface area (Å²) in [5, 5.41) is 0. The Balaban J connectivity index is 2.37. The molecule has 0 aliphatic carbocycles. The highest BCUT2D eigenvalue weighted by atomic mass is 16.5. The molecular formula is C26H33NO3. The number of hydrogen-bond acceptors (Lipinski definition) is 3. The van der Waals surface area contributed by atoms with Crippen molar-refractivity contribution in [2.24, 2.45) is 0 Å². The minimum Gasteiger partial charge on any atom is -0.493 e. The quantitative estimate of drug-likeness (QED) is 0.402. The Bertz CT molecular complexity index is 922. The van der Waals surface area contributed by atoms with Gasteiger partial charge in [0, 0.05) is 30.8 Å². The van der Waals surface area contributed by atoms with Gasteiger partial charge in [-0.05, 0) is 60.2 Å². The molecule has 2 rings (SSSR count). The molecule has 0 aromatic heterocycles. The molecule has 0 saturated carbocycles. The number of carbonyl (C=O) groups excluding carboxylic acids is 2. The monoisotopic (exact) mass is 407 g/mol. The van der Waals surface area contributed by atoms with Crippen molar-refractivity contribution in [3.05, 3.63) is 70.3 Å². The summed E-state index contributed by atoms with van der Waals surface area (Å²) < 4.78 is 5.96. The molecule has 30 heavy (non-hydrogen) atoms. The van der Waals surface area contributed by atoms with Gasteiger partial charge in [-0.1, -0.05) is 45.9 Å². The lowest BCUT2D eigenvalue weighted by Gasteiger charge is -2.19. The first-order valence-corrected chi connectivity index (χ1v) is 10.5. The average molecular weight is 408 g/mol. The van der Waals surface area contributed by atoms with E-state index in [0.717, 1.165) is 16.9 Å². The van der Waals surface area contributed by atoms with Crippen molar-refractivity contribution in [3.8, 4) is 5.75 Å². The molecule has 160 valence electrons. The van der Waals surface area contributed by atoms with E-state index in [1.165, 1.54) is 10.5 Å². The fourth-order valence-corrected chi connectivity index (χ4v) is 3.19. The van der Waals surface area contributed by atoms with Gasteiger partial charge in [0.25, 0.3) is 5.91 Å². The molecular weight excluding hydrogens is 374 g/mol. The van der Waals surface area contributed by atoms with E-state index in [-0.39, 0.29) is 11.7 Å². The van der Waals surface area contributed by atoms with Gasteiger partial charge in [0.1, 0.15) is 5.75 Å². The zero-order valence-electron chi connectivity index (χ0n) is 19.2. The number of ketones is 1. The number of benzene rings is 2. The molecule has 0 bridgehead atoms. The third kappa shape index (κ3) is 5.59. The third-order valence-electron chi connectivity index (χ3n) is 4.98. The molecule has 0 unspecified atom stereocenters. The topological polar surface area (TPSA) is 46.6 Å². The summed E-state index contributed by atoms with van der Waals surface area (Å²) in [6, 6.07) is 11.1. The minimum atomic E-state index is -0.109. The maximum atomic E-state index is 12.7. The molecule has 0 heterocycles. The number of carbonyl (C=O) groups is 2. The first-order chi connectivity index (χ1) is 14.1. The first kappa shape index (κ1) is 23.4. The van der Waals surface area contributed by atoms with E-state index < -0.39 is 0 Å². The largest absolute Gasteiger partial charge is 0.493 e. The number of nitrogens with zero attached hydrogens (tertiary/aromatic N) is 1. The maximum absolute atomic E-state index is 12.7. The van der Waals surface area contributed by atoms with Crippen molar-refractivity contribution < 1.29 is 14.3 Å². The summed E-state index contributed by atoms with van der Waals surface area (Å²) in [5.74, 6) is 1.34. The smallest absolute Gasteiger partial charge is 0.253 e. The Morgan fingerprint density at radius 2 is 1.57 bits per heavy atom. The number of ether oxygens (including phenoxy) is 1. The van der Waals surface area contributed by atoms with Gasteiger partial charge >= 0.3 is 0 Å². The SMILES string of the molecule is CCOc1c(/C=C/C(=O)c2ccc(C(=O)N(C)C)cc2)cc(C(C)C)cc1C(C)C. The molecule has 2 aromatic rings. The lowest BCUT2D eigenvalue weighted by molar-refractivity contribution is 0.0827. The molecule has 1 amide bonds. The van der Waals surface area contributed by atoms with Crippen LogP contribution in [0, 0.1) is 0 Å². The zero-order valence-corrected chi connectivity index (χ0v) is 19.2. The number of hydrogen-bond donors (Lipinski definition) is 0. The van der Waals surface area contributed by atoms with Crippen LogP contribution in [0.4, 0.5) is 0 Å². The van der Waals surface area contributed by atoms with Crippen LogP contribution in [0.1, 0.15) is 83.9 Å². The Morgan fingerprint density at radius 1 is 0.967 bits per heavy atom. The molecule has 0 N–H and O–H groups in total. The minimum absolute atomic E-state index is 0.0855. The molecule has 4 nitrogen and oxygen atoms in total. The second-order valence-electron chi connectivity index (χ2n) is 8.25. The second kappa shape index (κ2) is 10.2. The van der Waals surface area contributed by atoms with E-state index in [2.05, 4.69) is 39.8 Å². The molecule has 0 fully saturated rings. The van der Waals surface area contributed by atoms with E-state index in [0.29, 0.717) is 29.6 Å². The van der Waals surface area contributed by atoms with Crippen LogP contribution in [0.2, 0.25) is 0 Å². The normalized spacial score (nSPS) is 11.4. The van der Waals surface area contributed by atoms with Crippen LogP contribution in [0.5, 0.6) is 5.75 Å². The van der Waals surface area contributed by atoms with Crippen molar-refractivity contribution in [1.82, 2.24) is 4.90 Å². The van der Waals surface area contributed by atoms with Crippen molar-refractivity contribution in [1.29, 1.82) is 0 Å². The van der Waals surface area contributed by atoms with Crippen LogP contribution in [0.25, 0.3) is 6.08 Å². The molecule has 0 aliphatic rings. The fraction of sp³-hybridized carbons (Fsp3) is 0.385. The number of rotatable bonds is 8. The standard InChI is InChI=1S/C26H33NO3/c1-8-30-25-21(15-22(17(2)3)16-23(25)18(4)5)13-14-24(28)19-9-11-20(12-10-19)26(29)27(6)7/h9-18H,8H2,1-7H3/b14-13+. The highest BCUT2D eigenvalue weighted by molar-refractivity contribution is 6.07. The Morgan fingerprint density at radius 3 is 2.07 bits per heavy atom. The van der Waals surface area contributed by atoms with Gasteiger partial charge in [-0.3, -0.25) is 9.59 Å². The summed E-state index contributed by atoms with van der Waals surface area (Å²) in [6.45, 7) is 11.2. The molecule has 4 heteroatoms. The van der Waals surface area contributed by atoms with Crippen LogP contribution < -0.4 is 4.74 Å². The van der Waals surface area contributed by atoms with Crippen LogP contribution >= 0.6 is 0 Å². The van der Waals surface area contributed by atoms with Gasteiger partial charge in [-0.25, -0.2) is 0 Å². The van der Waals surface area contributed by atoms with Gasteiger partial charge < -0.3 is 9.64 Å². The third-order valence-corrected chi connectivity index (χ3v) is 4.98. The summed E-state index contributed by atoms with van der Waals surface area (Å²) >= 11 is 0. The summed E-state index contributed by atoms with van der Waals surface area (Å²) in [7, 11) is 3.41. The van der Waals surface area contributed by atoms with Gasteiger partial charge in [-0.15, -0.1) is 0 Å². The van der Waals surface area contributed by atoms with Crippen molar-refractivity contribution in [3.63, 3.8) is 0 Å². The summed E-state index contributed by atoms with van der Waals surface area (Å²) in [4.78, 5) is 26.3. The van der Waals surface area contributed by atoms with Gasteiger partial charge in [0.15, 0.2) is 5.78 Å². The average Bonchev–Trinajstić information content (AvgIpc) is 2.71. The molecule has 0 radical (unpaired) electrons. The first-order valence-electron chi connectivity index (χ1n) is 10.5. The summed E-state index contributed by atoms with van der Waals surface area (Å²) in [5.41, 5.74) is 4.40. The van der Waals surface area contributed by atoms with Crippen LogP contribution in [-0.2, 0) is 0 Å². The second-order valence-corrected chi connectivity index (χ2v) is 8.25. The van der Waals surface area contributed by atoms with Gasteiger partial charge in [-0.2, -0.15) is 0 Å². The molecule has 0 spiro atoms. The van der Waals surface area contributed by atoms with Gasteiger partial charge in [0.05, 0.1) is 6.61 Å². The lowest BCUT2D eigenvalue weighted by Crippen LogP contribution is -2.21. The van der Waals surface area contributed by atoms with E-state index in [4.69, 9.17) is 4.74 Å².